The first-order chi connectivity index (χ1) is 15.0. The number of piperazine rings is 1. The molecular weight excluding hydrogens is 408 g/mol. The van der Waals surface area contributed by atoms with Crippen LogP contribution in [-0.2, 0) is 6.54 Å². The number of halogens is 1. The van der Waals surface area contributed by atoms with E-state index >= 15 is 0 Å². The fraction of sp³-hybridized carbons (Fsp3) is 0.333. The van der Waals surface area contributed by atoms with E-state index in [4.69, 9.17) is 21.6 Å². The summed E-state index contributed by atoms with van der Waals surface area (Å²) in [6.45, 7) is 6.81. The molecule has 1 aromatic heterocycles. The second-order valence-electron chi connectivity index (χ2n) is 8.14. The fourth-order valence-electron chi connectivity index (χ4n) is 3.71. The van der Waals surface area contributed by atoms with E-state index in [1.54, 1.807) is 0 Å². The highest BCUT2D eigenvalue weighted by Gasteiger charge is 2.20. The lowest BCUT2D eigenvalue weighted by Crippen LogP contribution is -2.46. The average molecular weight is 437 g/mol. The van der Waals surface area contributed by atoms with E-state index in [0.29, 0.717) is 0 Å². The van der Waals surface area contributed by atoms with Gasteiger partial charge in [0.05, 0.1) is 0 Å². The van der Waals surface area contributed by atoms with Gasteiger partial charge in [0.25, 0.3) is 0 Å². The highest BCUT2D eigenvalue weighted by atomic mass is 35.5. The molecule has 1 saturated heterocycles. The Morgan fingerprint density at radius 2 is 1.71 bits per heavy atom. The van der Waals surface area contributed by atoms with Crippen LogP contribution in [0.4, 0.5) is 23.3 Å². The molecule has 0 aliphatic carbocycles. The molecule has 1 N–H and O–H groups in total. The zero-order chi connectivity index (χ0) is 21.8. The smallest absolute Gasteiger partial charge is 0.229 e. The number of rotatable bonds is 6. The topological polar surface area (TPSA) is 47.5 Å². The van der Waals surface area contributed by atoms with Crippen molar-refractivity contribution in [3.63, 3.8) is 0 Å². The molecule has 0 atom stereocenters. The van der Waals surface area contributed by atoms with Gasteiger partial charge in [-0.05, 0) is 36.2 Å². The van der Waals surface area contributed by atoms with Crippen LogP contribution in [0, 0.1) is 6.92 Å². The lowest BCUT2D eigenvalue weighted by Gasteiger charge is -2.35. The Balaban J connectivity index is 1.49. The van der Waals surface area contributed by atoms with Crippen LogP contribution in [0.3, 0.4) is 0 Å². The molecule has 7 heteroatoms. The van der Waals surface area contributed by atoms with Crippen molar-refractivity contribution in [1.29, 1.82) is 0 Å². The van der Waals surface area contributed by atoms with Crippen LogP contribution in [0.25, 0.3) is 0 Å². The number of aryl methyl sites for hydroxylation is 1. The number of benzene rings is 2. The summed E-state index contributed by atoms with van der Waals surface area (Å²) in [5.41, 5.74) is 3.42. The minimum Gasteiger partial charge on any atom is -0.363 e. The average Bonchev–Trinajstić information content (AvgIpc) is 2.77. The fourth-order valence-corrected chi connectivity index (χ4v) is 3.94. The third kappa shape index (κ3) is 5.46. The summed E-state index contributed by atoms with van der Waals surface area (Å²) >= 11 is 6.11. The van der Waals surface area contributed by atoms with Gasteiger partial charge in [0, 0.05) is 63.6 Å². The van der Waals surface area contributed by atoms with E-state index in [1.807, 2.05) is 50.2 Å². The molecule has 0 spiro atoms. The maximum absolute atomic E-state index is 6.11. The number of hydrogen-bond acceptors (Lipinski definition) is 6. The molecule has 0 bridgehead atoms. The molecule has 2 heterocycles. The molecule has 1 fully saturated rings. The summed E-state index contributed by atoms with van der Waals surface area (Å²) in [7, 11) is 4.00. The van der Waals surface area contributed by atoms with Crippen LogP contribution in [0.15, 0.2) is 54.6 Å². The van der Waals surface area contributed by atoms with Gasteiger partial charge in [0.2, 0.25) is 5.95 Å². The van der Waals surface area contributed by atoms with Crippen molar-refractivity contribution in [2.45, 2.75) is 13.5 Å². The van der Waals surface area contributed by atoms with Gasteiger partial charge in [-0.25, -0.2) is 0 Å². The minimum atomic E-state index is 0.730. The molecular formula is C24H29ClN6. The van der Waals surface area contributed by atoms with Gasteiger partial charge in [0.15, 0.2) is 0 Å². The van der Waals surface area contributed by atoms with Crippen molar-refractivity contribution < 1.29 is 0 Å². The summed E-state index contributed by atoms with van der Waals surface area (Å²) in [5, 5.41) is 4.17. The number of nitrogens with zero attached hydrogens (tertiary/aromatic N) is 5. The molecule has 1 aliphatic rings. The van der Waals surface area contributed by atoms with Gasteiger partial charge in [0.1, 0.15) is 11.6 Å². The van der Waals surface area contributed by atoms with Crippen molar-refractivity contribution in [2.24, 2.45) is 0 Å². The summed E-state index contributed by atoms with van der Waals surface area (Å²) in [4.78, 5) is 16.4. The van der Waals surface area contributed by atoms with Crippen LogP contribution in [-0.4, -0.2) is 55.1 Å². The lowest BCUT2D eigenvalue weighted by atomic mass is 10.2. The van der Waals surface area contributed by atoms with Gasteiger partial charge >= 0.3 is 0 Å². The molecule has 2 aromatic carbocycles. The van der Waals surface area contributed by atoms with Crippen molar-refractivity contribution in [1.82, 2.24) is 14.9 Å². The van der Waals surface area contributed by atoms with E-state index in [0.717, 1.165) is 66.6 Å². The monoisotopic (exact) mass is 436 g/mol. The number of aromatic nitrogens is 2. The van der Waals surface area contributed by atoms with Crippen LogP contribution < -0.4 is 15.1 Å². The molecule has 31 heavy (non-hydrogen) atoms. The zero-order valence-corrected chi connectivity index (χ0v) is 19.1. The van der Waals surface area contributed by atoms with E-state index in [9.17, 15) is 0 Å². The first-order valence-corrected chi connectivity index (χ1v) is 11.0. The maximum Gasteiger partial charge on any atom is 0.229 e. The number of anilines is 4. The van der Waals surface area contributed by atoms with Crippen molar-refractivity contribution >= 4 is 34.9 Å². The van der Waals surface area contributed by atoms with E-state index in [2.05, 4.69) is 45.4 Å². The second-order valence-corrected chi connectivity index (χ2v) is 8.58. The van der Waals surface area contributed by atoms with E-state index in [1.165, 1.54) is 5.56 Å². The summed E-state index contributed by atoms with van der Waals surface area (Å²) in [6.07, 6.45) is 0. The first-order valence-electron chi connectivity index (χ1n) is 10.6. The van der Waals surface area contributed by atoms with Crippen molar-refractivity contribution in [3.8, 4) is 0 Å². The van der Waals surface area contributed by atoms with Gasteiger partial charge in [-0.3, -0.25) is 4.90 Å². The van der Waals surface area contributed by atoms with Crippen molar-refractivity contribution in [2.75, 3.05) is 55.4 Å². The Bertz CT molecular complexity index is 1020. The molecule has 162 valence electrons. The van der Waals surface area contributed by atoms with Gasteiger partial charge in [-0.15, -0.1) is 0 Å². The molecule has 0 amide bonds. The Morgan fingerprint density at radius 1 is 0.968 bits per heavy atom. The first kappa shape index (κ1) is 21.4. The SMILES string of the molecule is Cc1cc(Cl)ccc1Nc1cc(N(C)C)nc(N2CCN(Cc3ccccc3)CC2)n1. The quantitative estimate of drug-likeness (QED) is 0.610. The second kappa shape index (κ2) is 9.54. The third-order valence-corrected chi connectivity index (χ3v) is 5.75. The van der Waals surface area contributed by atoms with Crippen LogP contribution >= 0.6 is 11.6 Å². The largest absolute Gasteiger partial charge is 0.363 e. The van der Waals surface area contributed by atoms with Gasteiger partial charge in [-0.1, -0.05) is 41.9 Å². The summed E-state index contributed by atoms with van der Waals surface area (Å²) < 4.78 is 0. The van der Waals surface area contributed by atoms with Gasteiger partial charge < -0.3 is 15.1 Å². The highest BCUT2D eigenvalue weighted by Crippen LogP contribution is 2.26. The normalized spacial score (nSPS) is 14.5. The Labute approximate surface area is 189 Å². The highest BCUT2D eigenvalue weighted by molar-refractivity contribution is 6.30. The number of nitrogens with one attached hydrogen (secondary N) is 1. The molecule has 0 unspecified atom stereocenters. The molecule has 0 radical (unpaired) electrons. The van der Waals surface area contributed by atoms with E-state index < -0.39 is 0 Å². The summed E-state index contributed by atoms with van der Waals surface area (Å²) in [5.74, 6) is 2.43. The van der Waals surface area contributed by atoms with Crippen LogP contribution in [0.2, 0.25) is 5.02 Å². The minimum absolute atomic E-state index is 0.730. The molecule has 4 rings (SSSR count). The molecule has 6 nitrogen and oxygen atoms in total. The standard InChI is InChI=1S/C24H29ClN6/c1-18-15-20(25)9-10-21(18)26-22-16-23(29(2)3)28-24(27-22)31-13-11-30(12-14-31)17-19-7-5-4-6-8-19/h4-10,15-16H,11-14,17H2,1-3H3,(H,26,27,28). The Hall–Kier alpha value is -2.83. The predicted molar refractivity (Wildman–Crippen MR) is 130 cm³/mol. The van der Waals surface area contributed by atoms with Crippen LogP contribution in [0.5, 0.6) is 0 Å². The van der Waals surface area contributed by atoms with Gasteiger partial charge in [-0.2, -0.15) is 9.97 Å². The van der Waals surface area contributed by atoms with Crippen LogP contribution in [0.1, 0.15) is 11.1 Å². The zero-order valence-electron chi connectivity index (χ0n) is 18.3. The predicted octanol–water partition coefficient (Wildman–Crippen LogP) is 4.57. The molecule has 0 saturated carbocycles. The number of hydrogen-bond donors (Lipinski definition) is 1. The molecule has 1 aliphatic heterocycles. The Kier molecular flexibility index (Phi) is 6.59. The third-order valence-electron chi connectivity index (χ3n) is 5.51. The lowest BCUT2D eigenvalue weighted by molar-refractivity contribution is 0.249. The Morgan fingerprint density at radius 3 is 2.39 bits per heavy atom. The summed E-state index contributed by atoms with van der Waals surface area (Å²) in [6, 6.07) is 18.4. The maximum atomic E-state index is 6.11. The molecule has 3 aromatic rings. The van der Waals surface area contributed by atoms with E-state index in [-0.39, 0.29) is 0 Å². The van der Waals surface area contributed by atoms with Crippen molar-refractivity contribution in [3.05, 3.63) is 70.7 Å².